The van der Waals surface area contributed by atoms with Crippen LogP contribution >= 0.6 is 15.9 Å². The molecule has 0 nitrogen and oxygen atoms in total. The van der Waals surface area contributed by atoms with Crippen LogP contribution in [0.2, 0.25) is 0 Å². The van der Waals surface area contributed by atoms with Gasteiger partial charge in [-0.2, -0.15) is 0 Å². The van der Waals surface area contributed by atoms with Crippen LogP contribution in [0.1, 0.15) is 57.9 Å². The molecule has 0 atom stereocenters. The minimum absolute atomic E-state index is 1.08. The van der Waals surface area contributed by atoms with E-state index >= 15 is 0 Å². The number of allylic oxidation sites excluding steroid dienone is 2. The number of unbranched alkanes of at least 4 members (excludes halogenated alkanes) is 2. The molecule has 0 fully saturated rings. The highest BCUT2D eigenvalue weighted by Crippen LogP contribution is 2.22. The van der Waals surface area contributed by atoms with E-state index in [1.54, 1.807) is 0 Å². The normalized spacial score (nSPS) is 11.5. The van der Waals surface area contributed by atoms with Crippen molar-refractivity contribution >= 4 is 15.9 Å². The molecule has 1 heteroatoms. The van der Waals surface area contributed by atoms with Gasteiger partial charge in [0.25, 0.3) is 0 Å². The summed E-state index contributed by atoms with van der Waals surface area (Å²) in [6.07, 6.45) is 7.07. The Balaban J connectivity index is 2.83. The van der Waals surface area contributed by atoms with Gasteiger partial charge in [-0.05, 0) is 37.8 Å². The number of hydrogen-bond donors (Lipinski definition) is 0. The molecule has 0 aliphatic rings. The Hall–Kier alpha value is -1.00. The Morgan fingerprint density at radius 1 is 1.00 bits per heavy atom. The van der Waals surface area contributed by atoms with Crippen LogP contribution in [0.4, 0.5) is 0 Å². The van der Waals surface area contributed by atoms with Gasteiger partial charge in [0.2, 0.25) is 0 Å². The van der Waals surface area contributed by atoms with Gasteiger partial charge in [-0.25, -0.2) is 0 Å². The molecule has 1 rings (SSSR count). The van der Waals surface area contributed by atoms with Gasteiger partial charge in [0.05, 0.1) is 0 Å². The standard InChI is InChI=1S/C18H23Br/c1-3-5-12-17(18(19)13-6-4-2)15-14-16-10-8-7-9-11-16/h7-11H,3-6,12-13H2,1-2H3/b18-17-. The van der Waals surface area contributed by atoms with Gasteiger partial charge in [0, 0.05) is 15.6 Å². The van der Waals surface area contributed by atoms with E-state index in [-0.39, 0.29) is 0 Å². The average Bonchev–Trinajstić information content (AvgIpc) is 2.46. The van der Waals surface area contributed by atoms with Crippen LogP contribution in [0.25, 0.3) is 0 Å². The Labute approximate surface area is 126 Å². The smallest absolute Gasteiger partial charge is 0.0248 e. The van der Waals surface area contributed by atoms with Crippen LogP contribution in [0.3, 0.4) is 0 Å². The van der Waals surface area contributed by atoms with Crippen molar-refractivity contribution < 1.29 is 0 Å². The van der Waals surface area contributed by atoms with Crippen LogP contribution in [0.15, 0.2) is 40.4 Å². The van der Waals surface area contributed by atoms with E-state index in [0.29, 0.717) is 0 Å². The summed E-state index contributed by atoms with van der Waals surface area (Å²) in [4.78, 5) is 0. The molecule has 0 N–H and O–H groups in total. The van der Waals surface area contributed by atoms with Crippen molar-refractivity contribution in [2.45, 2.75) is 52.4 Å². The number of hydrogen-bond acceptors (Lipinski definition) is 0. The monoisotopic (exact) mass is 318 g/mol. The Kier molecular flexibility index (Phi) is 8.34. The summed E-state index contributed by atoms with van der Waals surface area (Å²) in [6, 6.07) is 10.2. The molecule has 102 valence electrons. The lowest BCUT2D eigenvalue weighted by Gasteiger charge is -2.04. The molecular formula is C18H23Br. The second-order valence-corrected chi connectivity index (χ2v) is 5.66. The quantitative estimate of drug-likeness (QED) is 0.558. The Bertz CT molecular complexity index is 446. The lowest BCUT2D eigenvalue weighted by atomic mass is 10.1. The van der Waals surface area contributed by atoms with E-state index in [2.05, 4.69) is 53.8 Å². The zero-order valence-corrected chi connectivity index (χ0v) is 13.6. The minimum atomic E-state index is 1.08. The molecule has 1 aromatic carbocycles. The average molecular weight is 319 g/mol. The third kappa shape index (κ3) is 6.64. The fraction of sp³-hybridized carbons (Fsp3) is 0.444. The maximum Gasteiger partial charge on any atom is 0.0248 e. The van der Waals surface area contributed by atoms with Crippen molar-refractivity contribution in [3.8, 4) is 11.8 Å². The van der Waals surface area contributed by atoms with E-state index in [4.69, 9.17) is 0 Å². The predicted molar refractivity (Wildman–Crippen MR) is 88.3 cm³/mol. The summed E-state index contributed by atoms with van der Waals surface area (Å²) < 4.78 is 1.30. The third-order valence-electron chi connectivity index (χ3n) is 2.99. The zero-order valence-electron chi connectivity index (χ0n) is 12.0. The first-order chi connectivity index (χ1) is 9.27. The second kappa shape index (κ2) is 9.87. The van der Waals surface area contributed by atoms with Gasteiger partial charge < -0.3 is 0 Å². The van der Waals surface area contributed by atoms with Gasteiger partial charge in [0.15, 0.2) is 0 Å². The van der Waals surface area contributed by atoms with Crippen LogP contribution in [0.5, 0.6) is 0 Å². The van der Waals surface area contributed by atoms with Gasteiger partial charge in [0.1, 0.15) is 0 Å². The van der Waals surface area contributed by atoms with E-state index in [1.807, 2.05) is 18.2 Å². The van der Waals surface area contributed by atoms with E-state index in [1.165, 1.54) is 35.7 Å². The summed E-state index contributed by atoms with van der Waals surface area (Å²) in [5, 5.41) is 0. The molecule has 0 saturated carbocycles. The van der Waals surface area contributed by atoms with Gasteiger partial charge in [-0.15, -0.1) is 0 Å². The van der Waals surface area contributed by atoms with Crippen molar-refractivity contribution in [2.75, 3.05) is 0 Å². The third-order valence-corrected chi connectivity index (χ3v) is 3.86. The van der Waals surface area contributed by atoms with E-state index in [9.17, 15) is 0 Å². The molecule has 0 bridgehead atoms. The maximum atomic E-state index is 3.73. The molecule has 0 aromatic heterocycles. The van der Waals surface area contributed by atoms with E-state index < -0.39 is 0 Å². The molecule has 0 saturated heterocycles. The summed E-state index contributed by atoms with van der Waals surface area (Å²) in [5.74, 6) is 6.64. The first-order valence-electron chi connectivity index (χ1n) is 7.22. The molecule has 0 aliphatic heterocycles. The number of halogens is 1. The second-order valence-electron chi connectivity index (χ2n) is 4.71. The Morgan fingerprint density at radius 3 is 2.26 bits per heavy atom. The topological polar surface area (TPSA) is 0 Å². The van der Waals surface area contributed by atoms with Crippen molar-refractivity contribution in [3.05, 3.63) is 46.0 Å². The Morgan fingerprint density at radius 2 is 1.63 bits per heavy atom. The molecule has 0 aliphatic carbocycles. The number of benzene rings is 1. The summed E-state index contributed by atoms with van der Waals surface area (Å²) in [7, 11) is 0. The van der Waals surface area contributed by atoms with Crippen LogP contribution in [-0.2, 0) is 0 Å². The summed E-state index contributed by atoms with van der Waals surface area (Å²) >= 11 is 3.73. The molecule has 0 heterocycles. The summed E-state index contributed by atoms with van der Waals surface area (Å²) in [6.45, 7) is 4.45. The van der Waals surface area contributed by atoms with Crippen LogP contribution in [-0.4, -0.2) is 0 Å². The van der Waals surface area contributed by atoms with Crippen molar-refractivity contribution in [1.29, 1.82) is 0 Å². The SMILES string of the molecule is CCCC/C(Br)=C(/C#Cc1ccccc1)CCCC. The molecular weight excluding hydrogens is 296 g/mol. The maximum absolute atomic E-state index is 3.73. The largest absolute Gasteiger partial charge is 0.0654 e. The van der Waals surface area contributed by atoms with Gasteiger partial charge in [-0.3, -0.25) is 0 Å². The van der Waals surface area contributed by atoms with Crippen molar-refractivity contribution in [3.63, 3.8) is 0 Å². The molecule has 0 spiro atoms. The first kappa shape index (κ1) is 16.1. The van der Waals surface area contributed by atoms with Crippen LogP contribution in [0, 0.1) is 11.8 Å². The van der Waals surface area contributed by atoms with Crippen LogP contribution < -0.4 is 0 Å². The molecule has 0 amide bonds. The molecule has 0 radical (unpaired) electrons. The van der Waals surface area contributed by atoms with Crippen molar-refractivity contribution in [2.24, 2.45) is 0 Å². The lowest BCUT2D eigenvalue weighted by Crippen LogP contribution is -1.86. The fourth-order valence-electron chi connectivity index (χ4n) is 1.77. The minimum Gasteiger partial charge on any atom is -0.0654 e. The molecule has 0 unspecified atom stereocenters. The lowest BCUT2D eigenvalue weighted by molar-refractivity contribution is 0.777. The van der Waals surface area contributed by atoms with Gasteiger partial charge in [-0.1, -0.05) is 72.7 Å². The highest BCUT2D eigenvalue weighted by atomic mass is 79.9. The number of rotatable bonds is 6. The fourth-order valence-corrected chi connectivity index (χ4v) is 2.35. The molecule has 1 aromatic rings. The highest BCUT2D eigenvalue weighted by Gasteiger charge is 2.01. The highest BCUT2D eigenvalue weighted by molar-refractivity contribution is 9.11. The summed E-state index contributed by atoms with van der Waals surface area (Å²) in [5.41, 5.74) is 2.37. The first-order valence-corrected chi connectivity index (χ1v) is 8.01. The van der Waals surface area contributed by atoms with E-state index in [0.717, 1.165) is 18.4 Å². The molecule has 19 heavy (non-hydrogen) atoms. The van der Waals surface area contributed by atoms with Crippen molar-refractivity contribution in [1.82, 2.24) is 0 Å². The van der Waals surface area contributed by atoms with Gasteiger partial charge >= 0.3 is 0 Å². The zero-order chi connectivity index (χ0) is 13.9. The predicted octanol–water partition coefficient (Wildman–Crippen LogP) is 6.07.